The number of rotatable bonds is 8. The number of epoxide rings is 1. The van der Waals surface area contributed by atoms with Gasteiger partial charge in [0.1, 0.15) is 6.10 Å². The van der Waals surface area contributed by atoms with Crippen LogP contribution in [0.4, 0.5) is 0 Å². The van der Waals surface area contributed by atoms with Crippen molar-refractivity contribution in [2.45, 2.75) is 38.1 Å². The van der Waals surface area contributed by atoms with Gasteiger partial charge in [-0.3, -0.25) is 0 Å². The summed E-state index contributed by atoms with van der Waals surface area (Å²) in [6.45, 7) is 1.49. The van der Waals surface area contributed by atoms with Crippen molar-refractivity contribution in [3.8, 4) is 0 Å². The molecule has 2 unspecified atom stereocenters. The lowest BCUT2D eigenvalue weighted by atomic mass is 10.2. The minimum Gasteiger partial charge on any atom is -0.396 e. The van der Waals surface area contributed by atoms with Crippen LogP contribution in [0.5, 0.6) is 0 Å². The molecule has 1 rings (SSSR count). The maximum Gasteiger partial charge on any atom is 0.154 e. The van der Waals surface area contributed by atoms with Crippen LogP contribution in [0, 0.1) is 0 Å². The first-order valence-electron chi connectivity index (χ1n) is 4.85. The van der Waals surface area contributed by atoms with E-state index in [1.54, 1.807) is 0 Å². The zero-order valence-electron chi connectivity index (χ0n) is 7.82. The lowest BCUT2D eigenvalue weighted by molar-refractivity contribution is -0.107. The Hall–Kier alpha value is -0.160. The molecule has 4 heteroatoms. The van der Waals surface area contributed by atoms with Gasteiger partial charge in [-0.25, -0.2) is 0 Å². The highest BCUT2D eigenvalue weighted by atomic mass is 16.6. The molecule has 0 aromatic rings. The number of unbranched alkanes of at least 4 members (excludes halogenated alkanes) is 2. The van der Waals surface area contributed by atoms with Crippen LogP contribution in [0.25, 0.3) is 0 Å². The summed E-state index contributed by atoms with van der Waals surface area (Å²) < 4.78 is 10.0. The fourth-order valence-electron chi connectivity index (χ4n) is 1.07. The highest BCUT2D eigenvalue weighted by molar-refractivity contribution is 4.67. The van der Waals surface area contributed by atoms with Crippen molar-refractivity contribution in [1.82, 2.24) is 0 Å². The molecule has 4 nitrogen and oxygen atoms in total. The third-order valence-electron chi connectivity index (χ3n) is 1.99. The highest BCUT2D eigenvalue weighted by Crippen LogP contribution is 2.11. The average Bonchev–Trinajstić information content (AvgIpc) is 2.92. The van der Waals surface area contributed by atoms with Crippen molar-refractivity contribution in [2.75, 3.05) is 19.8 Å². The van der Waals surface area contributed by atoms with Gasteiger partial charge >= 0.3 is 0 Å². The Morgan fingerprint density at radius 1 is 1.38 bits per heavy atom. The maximum absolute atomic E-state index is 9.28. The fourth-order valence-corrected chi connectivity index (χ4v) is 1.07. The molecule has 1 aliphatic heterocycles. The van der Waals surface area contributed by atoms with Crippen LogP contribution in [0.15, 0.2) is 0 Å². The number of ether oxygens (including phenoxy) is 2. The zero-order chi connectivity index (χ0) is 9.52. The van der Waals surface area contributed by atoms with Crippen LogP contribution in [0.3, 0.4) is 0 Å². The van der Waals surface area contributed by atoms with Gasteiger partial charge in [-0.05, 0) is 19.3 Å². The maximum atomic E-state index is 9.28. The molecule has 0 aromatic heterocycles. The fraction of sp³-hybridized carbons (Fsp3) is 1.00. The molecule has 78 valence electrons. The van der Waals surface area contributed by atoms with Crippen LogP contribution >= 0.6 is 0 Å². The van der Waals surface area contributed by atoms with Gasteiger partial charge in [0.05, 0.1) is 13.2 Å². The predicted molar refractivity (Wildman–Crippen MR) is 47.3 cm³/mol. The molecule has 1 heterocycles. The van der Waals surface area contributed by atoms with Gasteiger partial charge in [0.2, 0.25) is 0 Å². The average molecular weight is 190 g/mol. The Morgan fingerprint density at radius 2 is 2.15 bits per heavy atom. The second-order valence-corrected chi connectivity index (χ2v) is 3.32. The smallest absolute Gasteiger partial charge is 0.154 e. The monoisotopic (exact) mass is 190 g/mol. The molecule has 0 radical (unpaired) electrons. The number of aliphatic hydroxyl groups is 2. The largest absolute Gasteiger partial charge is 0.396 e. The number of aliphatic hydroxyl groups excluding tert-OH is 2. The third kappa shape index (κ3) is 5.99. The first kappa shape index (κ1) is 10.9. The van der Waals surface area contributed by atoms with Crippen LogP contribution in [0.2, 0.25) is 0 Å². The van der Waals surface area contributed by atoms with E-state index in [-0.39, 0.29) is 12.7 Å². The van der Waals surface area contributed by atoms with Gasteiger partial charge in [-0.2, -0.15) is 0 Å². The van der Waals surface area contributed by atoms with Gasteiger partial charge < -0.3 is 19.7 Å². The Bertz CT molecular complexity index is 125. The van der Waals surface area contributed by atoms with Gasteiger partial charge in [0, 0.05) is 6.61 Å². The number of hydrogen-bond acceptors (Lipinski definition) is 4. The first-order valence-corrected chi connectivity index (χ1v) is 4.85. The molecule has 1 fully saturated rings. The molecule has 0 spiro atoms. The van der Waals surface area contributed by atoms with Crippen LogP contribution in [-0.4, -0.2) is 42.4 Å². The summed E-state index contributed by atoms with van der Waals surface area (Å²) in [7, 11) is 0. The van der Waals surface area contributed by atoms with Crippen molar-refractivity contribution in [1.29, 1.82) is 0 Å². The Labute approximate surface area is 78.5 Å². The summed E-state index contributed by atoms with van der Waals surface area (Å²) in [6, 6.07) is 0. The van der Waals surface area contributed by atoms with Crippen LogP contribution in [0.1, 0.15) is 25.7 Å². The quantitative estimate of drug-likeness (QED) is 0.328. The minimum atomic E-state index is -0.664. The van der Waals surface area contributed by atoms with Gasteiger partial charge in [0.15, 0.2) is 6.29 Å². The predicted octanol–water partition coefficient (Wildman–Crippen LogP) is 0.273. The van der Waals surface area contributed by atoms with E-state index in [0.717, 1.165) is 25.9 Å². The molecule has 1 saturated heterocycles. The topological polar surface area (TPSA) is 62.2 Å². The van der Waals surface area contributed by atoms with Gasteiger partial charge in [-0.1, -0.05) is 6.42 Å². The lowest BCUT2D eigenvalue weighted by Gasteiger charge is -2.10. The molecule has 1 aliphatic rings. The second kappa shape index (κ2) is 6.32. The van der Waals surface area contributed by atoms with Crippen LogP contribution in [-0.2, 0) is 9.47 Å². The highest BCUT2D eigenvalue weighted by Gasteiger charge is 2.23. The summed E-state index contributed by atoms with van der Waals surface area (Å²) in [4.78, 5) is 0. The van der Waals surface area contributed by atoms with Crippen molar-refractivity contribution in [3.05, 3.63) is 0 Å². The number of hydrogen-bond donors (Lipinski definition) is 2. The first-order chi connectivity index (χ1) is 6.33. The SMILES string of the molecule is OCCCCCC(O)OCC1CO1. The molecular weight excluding hydrogens is 172 g/mol. The lowest BCUT2D eigenvalue weighted by Crippen LogP contribution is -2.15. The van der Waals surface area contributed by atoms with E-state index in [9.17, 15) is 5.11 Å². The molecule has 0 amide bonds. The molecule has 2 atom stereocenters. The van der Waals surface area contributed by atoms with E-state index in [2.05, 4.69) is 0 Å². The second-order valence-electron chi connectivity index (χ2n) is 3.32. The van der Waals surface area contributed by atoms with E-state index in [4.69, 9.17) is 14.6 Å². The Morgan fingerprint density at radius 3 is 2.77 bits per heavy atom. The molecule has 0 aliphatic carbocycles. The summed E-state index contributed by atoms with van der Waals surface area (Å²) in [6.07, 6.45) is 2.84. The van der Waals surface area contributed by atoms with Crippen molar-refractivity contribution < 1.29 is 19.7 Å². The third-order valence-corrected chi connectivity index (χ3v) is 1.99. The zero-order valence-corrected chi connectivity index (χ0v) is 7.82. The van der Waals surface area contributed by atoms with E-state index in [0.29, 0.717) is 13.0 Å². The summed E-state index contributed by atoms with van der Waals surface area (Å²) >= 11 is 0. The van der Waals surface area contributed by atoms with E-state index >= 15 is 0 Å². The molecular formula is C9H18O4. The molecule has 13 heavy (non-hydrogen) atoms. The van der Waals surface area contributed by atoms with E-state index in [1.165, 1.54) is 0 Å². The Kier molecular flexibility index (Phi) is 5.31. The van der Waals surface area contributed by atoms with Crippen molar-refractivity contribution in [3.63, 3.8) is 0 Å². The molecule has 0 aromatic carbocycles. The normalized spacial score (nSPS) is 23.1. The van der Waals surface area contributed by atoms with E-state index < -0.39 is 6.29 Å². The molecule has 0 saturated carbocycles. The summed E-state index contributed by atoms with van der Waals surface area (Å²) in [5, 5.41) is 17.8. The van der Waals surface area contributed by atoms with Gasteiger partial charge in [-0.15, -0.1) is 0 Å². The molecule has 0 bridgehead atoms. The summed E-state index contributed by atoms with van der Waals surface area (Å²) in [5.41, 5.74) is 0. The van der Waals surface area contributed by atoms with Crippen LogP contribution < -0.4 is 0 Å². The molecule has 2 N–H and O–H groups in total. The van der Waals surface area contributed by atoms with Crippen molar-refractivity contribution in [2.24, 2.45) is 0 Å². The van der Waals surface area contributed by atoms with E-state index in [1.807, 2.05) is 0 Å². The summed E-state index contributed by atoms with van der Waals surface area (Å²) in [5.74, 6) is 0. The minimum absolute atomic E-state index is 0.215. The van der Waals surface area contributed by atoms with Gasteiger partial charge in [0.25, 0.3) is 0 Å². The van der Waals surface area contributed by atoms with Crippen molar-refractivity contribution >= 4 is 0 Å². The standard InChI is InChI=1S/C9H18O4/c10-5-3-1-2-4-9(11)13-7-8-6-12-8/h8-11H,1-7H2. The Balaban J connectivity index is 1.81.